The Labute approximate surface area is 310 Å². The van der Waals surface area contributed by atoms with Crippen LogP contribution in [0.25, 0.3) is 88.8 Å². The lowest BCUT2D eigenvalue weighted by atomic mass is 9.89. The molecule has 0 N–H and O–H groups in total. The summed E-state index contributed by atoms with van der Waals surface area (Å²) < 4.78 is 4.35. The fraction of sp³-hybridized carbons (Fsp3) is 0. The van der Waals surface area contributed by atoms with Crippen LogP contribution in [0.5, 0.6) is 0 Å². The van der Waals surface area contributed by atoms with Crippen LogP contribution in [-0.4, -0.2) is 19.1 Å². The molecule has 6 aromatic carbocycles. The van der Waals surface area contributed by atoms with Crippen molar-refractivity contribution in [2.45, 2.75) is 0 Å². The molecule has 0 saturated heterocycles. The Kier molecular flexibility index (Phi) is 7.15. The van der Waals surface area contributed by atoms with Crippen LogP contribution in [0.4, 0.5) is 0 Å². The Bertz CT molecular complexity index is 3150. The van der Waals surface area contributed by atoms with Crippen molar-refractivity contribution in [2.24, 2.45) is 0 Å². The monoisotopic (exact) mass is 688 g/mol. The Morgan fingerprint density at radius 1 is 0.407 bits per heavy atom. The number of benzene rings is 6. The first kappa shape index (κ1) is 31.0. The van der Waals surface area contributed by atoms with Gasteiger partial charge in [-0.05, 0) is 100 Å². The molecule has 0 fully saturated rings. The molecule has 54 heavy (non-hydrogen) atoms. The van der Waals surface area contributed by atoms with E-state index in [0.29, 0.717) is 11.1 Å². The summed E-state index contributed by atoms with van der Waals surface area (Å²) in [7, 11) is 0. The number of hydrogen-bond donors (Lipinski definition) is 0. The van der Waals surface area contributed by atoms with E-state index >= 15 is 0 Å². The number of hydrogen-bond acceptors (Lipinski definition) is 4. The molecule has 6 heteroatoms. The highest BCUT2D eigenvalue weighted by Gasteiger charge is 2.21. The fourth-order valence-electron chi connectivity index (χ4n) is 7.90. The van der Waals surface area contributed by atoms with Crippen LogP contribution in [-0.2, 0) is 0 Å². The van der Waals surface area contributed by atoms with Gasteiger partial charge in [-0.1, -0.05) is 97.1 Å². The Morgan fingerprint density at radius 3 is 1.69 bits per heavy atom. The summed E-state index contributed by atoms with van der Waals surface area (Å²) in [6.07, 6.45) is 1.83. The van der Waals surface area contributed by atoms with Gasteiger partial charge in [0.05, 0.1) is 39.8 Å². The summed E-state index contributed by atoms with van der Waals surface area (Å²) in [5.41, 5.74) is 11.2. The van der Waals surface area contributed by atoms with Crippen LogP contribution in [0.3, 0.4) is 0 Å². The molecule has 0 amide bonds. The van der Waals surface area contributed by atoms with Gasteiger partial charge in [-0.15, -0.1) is 0 Å². The van der Waals surface area contributed by atoms with Crippen LogP contribution >= 0.6 is 0 Å². The first-order valence-electron chi connectivity index (χ1n) is 17.7. The summed E-state index contributed by atoms with van der Waals surface area (Å²) in [6, 6.07) is 60.1. The fourth-order valence-corrected chi connectivity index (χ4v) is 7.90. The predicted octanol–water partition coefficient (Wildman–Crippen LogP) is 11.4. The third-order valence-electron chi connectivity index (χ3n) is 10.2. The smallest absolute Gasteiger partial charge is 0.146 e. The average Bonchev–Trinajstić information content (AvgIpc) is 3.76. The quantitative estimate of drug-likeness (QED) is 0.180. The van der Waals surface area contributed by atoms with Crippen molar-refractivity contribution in [1.82, 2.24) is 19.1 Å². The zero-order valence-electron chi connectivity index (χ0n) is 28.8. The van der Waals surface area contributed by atoms with Crippen LogP contribution < -0.4 is 0 Å². The predicted molar refractivity (Wildman–Crippen MR) is 216 cm³/mol. The lowest BCUT2D eigenvalue weighted by Gasteiger charge is -2.18. The topological polar surface area (TPSA) is 83.2 Å². The van der Waals surface area contributed by atoms with Crippen molar-refractivity contribution >= 4 is 43.7 Å². The highest BCUT2D eigenvalue weighted by molar-refractivity contribution is 6.10. The Hall–Kier alpha value is -7.80. The van der Waals surface area contributed by atoms with E-state index in [1.54, 1.807) is 0 Å². The lowest BCUT2D eigenvalue weighted by Crippen LogP contribution is -2.05. The molecule has 0 saturated carbocycles. The standard InChI is InChI=1S/C48H28N6/c49-29-31-11-9-12-33(25-31)35-13-1-3-15-37(35)38-16-4-2-14-36(38)34-27-46(53-43-20-7-6-18-40(43)42-26-32(30-50)22-23-45(42)53)52-47(28-34)54-44-21-8-5-17-39(44)41-19-10-24-51-48(41)54/h1-28H. The molecule has 0 atom stereocenters. The first-order chi connectivity index (χ1) is 26.7. The summed E-state index contributed by atoms with van der Waals surface area (Å²) in [5.74, 6) is 1.47. The molecular formula is C48H28N6. The van der Waals surface area contributed by atoms with Crippen molar-refractivity contribution in [2.75, 3.05) is 0 Å². The molecule has 4 aromatic heterocycles. The zero-order chi connectivity index (χ0) is 36.2. The van der Waals surface area contributed by atoms with E-state index in [2.05, 4.69) is 124 Å². The molecule has 0 aliphatic rings. The van der Waals surface area contributed by atoms with Gasteiger partial charge in [0.2, 0.25) is 0 Å². The highest BCUT2D eigenvalue weighted by Crippen LogP contribution is 2.41. The SMILES string of the molecule is N#Cc1cccc(-c2ccccc2-c2ccccc2-c2cc(-n3c4ccccc4c4cc(C#N)ccc43)nc(-n3c4ccccc4c4cccnc43)c2)c1. The first-order valence-corrected chi connectivity index (χ1v) is 17.7. The van der Waals surface area contributed by atoms with E-state index in [-0.39, 0.29) is 0 Å². The molecule has 0 unspecified atom stereocenters. The number of rotatable bonds is 5. The van der Waals surface area contributed by atoms with E-state index in [0.717, 1.165) is 88.8 Å². The second kappa shape index (κ2) is 12.5. The molecule has 0 bridgehead atoms. The van der Waals surface area contributed by atoms with Gasteiger partial charge in [0.15, 0.2) is 0 Å². The van der Waals surface area contributed by atoms with Gasteiger partial charge in [-0.25, -0.2) is 9.97 Å². The van der Waals surface area contributed by atoms with E-state index in [4.69, 9.17) is 9.97 Å². The van der Waals surface area contributed by atoms with Gasteiger partial charge in [0.25, 0.3) is 0 Å². The van der Waals surface area contributed by atoms with Crippen LogP contribution in [0, 0.1) is 22.7 Å². The third-order valence-corrected chi connectivity index (χ3v) is 10.2. The number of aromatic nitrogens is 4. The largest absolute Gasteiger partial charge is 0.294 e. The Balaban J connectivity index is 1.29. The van der Waals surface area contributed by atoms with E-state index in [9.17, 15) is 10.5 Å². The maximum Gasteiger partial charge on any atom is 0.146 e. The summed E-state index contributed by atoms with van der Waals surface area (Å²) in [4.78, 5) is 10.4. The van der Waals surface area contributed by atoms with E-state index < -0.39 is 0 Å². The minimum absolute atomic E-state index is 0.608. The van der Waals surface area contributed by atoms with Crippen molar-refractivity contribution in [1.29, 1.82) is 10.5 Å². The maximum absolute atomic E-state index is 9.82. The minimum Gasteiger partial charge on any atom is -0.294 e. The number of para-hydroxylation sites is 2. The summed E-state index contributed by atoms with van der Waals surface area (Å²) in [5, 5.41) is 23.7. The van der Waals surface area contributed by atoms with Gasteiger partial charge in [-0.2, -0.15) is 10.5 Å². The second-order valence-electron chi connectivity index (χ2n) is 13.3. The highest BCUT2D eigenvalue weighted by atomic mass is 15.2. The molecule has 10 aromatic rings. The molecular weight excluding hydrogens is 661 g/mol. The summed E-state index contributed by atoms with van der Waals surface area (Å²) in [6.45, 7) is 0. The zero-order valence-corrected chi connectivity index (χ0v) is 28.8. The molecule has 250 valence electrons. The molecule has 0 radical (unpaired) electrons. The van der Waals surface area contributed by atoms with Crippen LogP contribution in [0.2, 0.25) is 0 Å². The van der Waals surface area contributed by atoms with Crippen molar-refractivity contribution in [3.8, 4) is 57.2 Å². The molecule has 4 heterocycles. The molecule has 0 aliphatic heterocycles. The lowest BCUT2D eigenvalue weighted by molar-refractivity contribution is 1.00. The molecule has 10 rings (SSSR count). The van der Waals surface area contributed by atoms with Gasteiger partial charge in [0.1, 0.15) is 17.3 Å². The number of nitrogens with zero attached hydrogens (tertiary/aromatic N) is 6. The maximum atomic E-state index is 9.82. The van der Waals surface area contributed by atoms with Crippen molar-refractivity contribution < 1.29 is 0 Å². The van der Waals surface area contributed by atoms with E-state index in [1.165, 1.54) is 0 Å². The van der Waals surface area contributed by atoms with Gasteiger partial charge in [0, 0.05) is 27.7 Å². The summed E-state index contributed by atoms with van der Waals surface area (Å²) >= 11 is 0. The number of fused-ring (bicyclic) bond motifs is 6. The normalized spacial score (nSPS) is 11.3. The molecule has 0 aliphatic carbocycles. The van der Waals surface area contributed by atoms with Gasteiger partial charge < -0.3 is 0 Å². The second-order valence-corrected chi connectivity index (χ2v) is 13.3. The molecule has 0 spiro atoms. The minimum atomic E-state index is 0.608. The van der Waals surface area contributed by atoms with Crippen molar-refractivity contribution in [3.05, 3.63) is 181 Å². The molecule has 6 nitrogen and oxygen atoms in total. The average molecular weight is 689 g/mol. The van der Waals surface area contributed by atoms with Crippen LogP contribution in [0.1, 0.15) is 11.1 Å². The van der Waals surface area contributed by atoms with Gasteiger partial charge in [-0.3, -0.25) is 9.13 Å². The van der Waals surface area contributed by atoms with Gasteiger partial charge >= 0.3 is 0 Å². The van der Waals surface area contributed by atoms with Crippen LogP contribution in [0.15, 0.2) is 170 Å². The van der Waals surface area contributed by atoms with Crippen molar-refractivity contribution in [3.63, 3.8) is 0 Å². The number of nitriles is 2. The van der Waals surface area contributed by atoms with E-state index in [1.807, 2.05) is 66.9 Å². The third kappa shape index (κ3) is 4.87. The number of pyridine rings is 2. The Morgan fingerprint density at radius 2 is 0.963 bits per heavy atom.